The van der Waals surface area contributed by atoms with E-state index in [1.165, 1.54) is 0 Å². The number of rotatable bonds is 3. The average Bonchev–Trinajstić information content (AvgIpc) is 2.21. The number of aromatic carboxylic acids is 1. The number of benzene rings is 1. The van der Waals surface area contributed by atoms with Crippen molar-refractivity contribution in [1.82, 2.24) is 0 Å². The Labute approximate surface area is 84.0 Å². The summed E-state index contributed by atoms with van der Waals surface area (Å²) in [5.41, 5.74) is 0.331. The van der Waals surface area contributed by atoms with Crippen LogP contribution in [-0.4, -0.2) is 22.8 Å². The summed E-state index contributed by atoms with van der Waals surface area (Å²) in [4.78, 5) is 10.2. The molecule has 2 N–H and O–H groups in total. The minimum Gasteiger partial charge on any atom is -0.478 e. The van der Waals surface area contributed by atoms with Gasteiger partial charge in [0.2, 0.25) is 0 Å². The van der Waals surface area contributed by atoms with Crippen LogP contribution in [0.5, 0.6) is 0 Å². The summed E-state index contributed by atoms with van der Waals surface area (Å²) in [7, 11) is 0. The maximum absolute atomic E-state index is 10.2. The van der Waals surface area contributed by atoms with Gasteiger partial charge in [0.05, 0.1) is 5.56 Å². The van der Waals surface area contributed by atoms with Gasteiger partial charge in [-0.15, -0.1) is 0 Å². The Morgan fingerprint density at radius 3 is 2.07 bits per heavy atom. The van der Waals surface area contributed by atoms with Gasteiger partial charge >= 0.3 is 5.97 Å². The Balaban J connectivity index is 0.000000292. The smallest absolute Gasteiger partial charge is 0.335 e. The fraction of sp³-hybridized carbons (Fsp3) is 0.364. The lowest BCUT2D eigenvalue weighted by Gasteiger charge is -1.88. The minimum atomic E-state index is -0.879. The summed E-state index contributed by atoms with van der Waals surface area (Å²) in [6.45, 7) is 2.40. The highest BCUT2D eigenvalue weighted by Gasteiger charge is 1.96. The zero-order chi connectivity index (χ0) is 10.8. The van der Waals surface area contributed by atoms with Crippen LogP contribution in [-0.2, 0) is 0 Å². The highest BCUT2D eigenvalue weighted by molar-refractivity contribution is 5.87. The Kier molecular flexibility index (Phi) is 7.46. The Bertz CT molecular complexity index is 242. The van der Waals surface area contributed by atoms with Crippen LogP contribution in [0.2, 0.25) is 0 Å². The first-order chi connectivity index (χ1) is 6.72. The number of aliphatic hydroxyl groups is 1. The molecule has 1 aromatic rings. The molecular weight excluding hydrogens is 180 g/mol. The Morgan fingerprint density at radius 2 is 1.86 bits per heavy atom. The van der Waals surface area contributed by atoms with Crippen molar-refractivity contribution in [1.29, 1.82) is 0 Å². The van der Waals surface area contributed by atoms with Crippen LogP contribution in [0.4, 0.5) is 0 Å². The van der Waals surface area contributed by atoms with Gasteiger partial charge < -0.3 is 10.2 Å². The number of hydrogen-bond acceptors (Lipinski definition) is 2. The molecule has 0 radical (unpaired) electrons. The monoisotopic (exact) mass is 196 g/mol. The maximum Gasteiger partial charge on any atom is 0.335 e. The summed E-state index contributed by atoms with van der Waals surface area (Å²) >= 11 is 0. The van der Waals surface area contributed by atoms with Crippen molar-refractivity contribution in [3.63, 3.8) is 0 Å². The van der Waals surface area contributed by atoms with Crippen LogP contribution in [0, 0.1) is 0 Å². The molecule has 0 aliphatic carbocycles. The molecule has 0 saturated carbocycles. The molecular formula is C11H16O3. The van der Waals surface area contributed by atoms with E-state index in [1.54, 1.807) is 30.3 Å². The van der Waals surface area contributed by atoms with Gasteiger partial charge in [-0.25, -0.2) is 4.79 Å². The molecule has 0 spiro atoms. The van der Waals surface area contributed by atoms with Gasteiger partial charge in [-0.3, -0.25) is 0 Å². The molecule has 1 aromatic carbocycles. The molecule has 0 saturated heterocycles. The lowest BCUT2D eigenvalue weighted by molar-refractivity contribution is 0.0697. The highest BCUT2D eigenvalue weighted by Crippen LogP contribution is 1.96. The first kappa shape index (κ1) is 12.7. The molecule has 78 valence electrons. The lowest BCUT2D eigenvalue weighted by atomic mass is 10.2. The zero-order valence-electron chi connectivity index (χ0n) is 8.31. The maximum atomic E-state index is 10.2. The molecule has 0 heterocycles. The van der Waals surface area contributed by atoms with Crippen molar-refractivity contribution in [3.05, 3.63) is 35.9 Å². The number of carboxylic acid groups (broad SMARTS) is 1. The van der Waals surface area contributed by atoms with E-state index in [0.717, 1.165) is 12.8 Å². The molecule has 0 aromatic heterocycles. The number of carbonyl (C=O) groups is 1. The standard InChI is InChI=1S/C7H6O2.C4H10O/c8-7(9)6-4-2-1-3-5-6;1-2-3-4-5/h1-5H,(H,8,9);5H,2-4H2,1H3. The van der Waals surface area contributed by atoms with Gasteiger partial charge in [-0.2, -0.15) is 0 Å². The van der Waals surface area contributed by atoms with Gasteiger partial charge in [-0.1, -0.05) is 31.5 Å². The first-order valence-electron chi connectivity index (χ1n) is 4.61. The average molecular weight is 196 g/mol. The molecule has 3 nitrogen and oxygen atoms in total. The van der Waals surface area contributed by atoms with E-state index in [-0.39, 0.29) is 0 Å². The number of hydrogen-bond donors (Lipinski definition) is 2. The molecule has 14 heavy (non-hydrogen) atoms. The minimum absolute atomic E-state index is 0.331. The molecule has 0 unspecified atom stereocenters. The Hall–Kier alpha value is -1.35. The molecule has 0 bridgehead atoms. The molecule has 0 atom stereocenters. The molecule has 0 aliphatic rings. The second-order valence-electron chi connectivity index (χ2n) is 2.75. The van der Waals surface area contributed by atoms with Crippen molar-refractivity contribution >= 4 is 5.97 Å². The number of aliphatic hydroxyl groups excluding tert-OH is 1. The quantitative estimate of drug-likeness (QED) is 0.778. The van der Waals surface area contributed by atoms with E-state index in [1.807, 2.05) is 0 Å². The third kappa shape index (κ3) is 6.20. The molecule has 3 heteroatoms. The molecule has 1 rings (SSSR count). The summed E-state index contributed by atoms with van der Waals surface area (Å²) < 4.78 is 0. The SMILES string of the molecule is CCCCO.O=C(O)c1ccccc1. The predicted octanol–water partition coefficient (Wildman–Crippen LogP) is 2.16. The fourth-order valence-electron chi connectivity index (χ4n) is 0.739. The largest absolute Gasteiger partial charge is 0.478 e. The topological polar surface area (TPSA) is 57.5 Å². The van der Waals surface area contributed by atoms with E-state index >= 15 is 0 Å². The summed E-state index contributed by atoms with van der Waals surface area (Å²) in [6.07, 6.45) is 2.04. The van der Waals surface area contributed by atoms with E-state index in [4.69, 9.17) is 10.2 Å². The van der Waals surface area contributed by atoms with Gasteiger partial charge in [-0.05, 0) is 18.6 Å². The van der Waals surface area contributed by atoms with Crippen LogP contribution in [0.1, 0.15) is 30.1 Å². The van der Waals surface area contributed by atoms with Gasteiger partial charge in [0.25, 0.3) is 0 Å². The first-order valence-corrected chi connectivity index (χ1v) is 4.61. The van der Waals surface area contributed by atoms with Crippen LogP contribution in [0.15, 0.2) is 30.3 Å². The lowest BCUT2D eigenvalue weighted by Crippen LogP contribution is -1.93. The van der Waals surface area contributed by atoms with Crippen LogP contribution in [0.25, 0.3) is 0 Å². The molecule has 0 aliphatic heterocycles. The number of unbranched alkanes of at least 4 members (excludes halogenated alkanes) is 1. The predicted molar refractivity (Wildman–Crippen MR) is 55.4 cm³/mol. The van der Waals surface area contributed by atoms with Gasteiger partial charge in [0.15, 0.2) is 0 Å². The van der Waals surface area contributed by atoms with Crippen molar-refractivity contribution in [2.24, 2.45) is 0 Å². The summed E-state index contributed by atoms with van der Waals surface area (Å²) in [6, 6.07) is 8.30. The third-order valence-corrected chi connectivity index (χ3v) is 1.53. The van der Waals surface area contributed by atoms with Crippen LogP contribution >= 0.6 is 0 Å². The third-order valence-electron chi connectivity index (χ3n) is 1.53. The molecule has 0 amide bonds. The van der Waals surface area contributed by atoms with Gasteiger partial charge in [0.1, 0.15) is 0 Å². The summed E-state index contributed by atoms with van der Waals surface area (Å²) in [5.74, 6) is -0.879. The Morgan fingerprint density at radius 1 is 1.29 bits per heavy atom. The van der Waals surface area contributed by atoms with Crippen LogP contribution < -0.4 is 0 Å². The van der Waals surface area contributed by atoms with Crippen molar-refractivity contribution in [2.45, 2.75) is 19.8 Å². The van der Waals surface area contributed by atoms with Crippen molar-refractivity contribution in [3.8, 4) is 0 Å². The van der Waals surface area contributed by atoms with Crippen molar-refractivity contribution in [2.75, 3.05) is 6.61 Å². The summed E-state index contributed by atoms with van der Waals surface area (Å²) in [5, 5.41) is 16.5. The second-order valence-corrected chi connectivity index (χ2v) is 2.75. The van der Waals surface area contributed by atoms with Gasteiger partial charge in [0, 0.05) is 6.61 Å². The van der Waals surface area contributed by atoms with E-state index in [0.29, 0.717) is 12.2 Å². The second kappa shape index (κ2) is 8.26. The fourth-order valence-corrected chi connectivity index (χ4v) is 0.739. The molecule has 0 fully saturated rings. The highest BCUT2D eigenvalue weighted by atomic mass is 16.4. The van der Waals surface area contributed by atoms with E-state index in [9.17, 15) is 4.79 Å². The van der Waals surface area contributed by atoms with E-state index < -0.39 is 5.97 Å². The normalized spacial score (nSPS) is 8.71. The van der Waals surface area contributed by atoms with Crippen molar-refractivity contribution < 1.29 is 15.0 Å². The zero-order valence-corrected chi connectivity index (χ0v) is 8.31. The van der Waals surface area contributed by atoms with E-state index in [2.05, 4.69) is 6.92 Å². The van der Waals surface area contributed by atoms with Crippen LogP contribution in [0.3, 0.4) is 0 Å². The number of carboxylic acids is 1.